The molecule has 3 atom stereocenters. The molecule has 0 aliphatic rings. The number of carbonyl (C=O) groups excluding carboxylic acids is 1. The molecule has 0 spiro atoms. The van der Waals surface area contributed by atoms with Crippen molar-refractivity contribution in [2.45, 2.75) is 104 Å². The van der Waals surface area contributed by atoms with Gasteiger partial charge in [0, 0.05) is 13.0 Å². The van der Waals surface area contributed by atoms with Crippen molar-refractivity contribution >= 4 is 13.6 Å². The third kappa shape index (κ3) is 17.0. The molecular weight excluding hydrogens is 465 g/mol. The first-order chi connectivity index (χ1) is 16.8. The van der Waals surface area contributed by atoms with Crippen LogP contribution in [0.1, 0.15) is 97.0 Å². The van der Waals surface area contributed by atoms with E-state index in [1.165, 1.54) is 64.7 Å². The van der Waals surface area contributed by atoms with Gasteiger partial charge < -0.3 is 20.2 Å². The third-order valence-electron chi connectivity index (χ3n) is 5.91. The minimum absolute atomic E-state index is 0.000867. The predicted molar refractivity (Wildman–Crippen MR) is 142 cm³/mol. The lowest BCUT2D eigenvalue weighted by molar-refractivity contribution is -0.118. The van der Waals surface area contributed by atoms with E-state index in [-0.39, 0.29) is 31.3 Å². The molecule has 8 heteroatoms. The normalized spacial score (nSPS) is 14.9. The van der Waals surface area contributed by atoms with Gasteiger partial charge in [0.1, 0.15) is 11.5 Å². The van der Waals surface area contributed by atoms with Crippen LogP contribution in [0.15, 0.2) is 24.3 Å². The Labute approximate surface area is 212 Å². The van der Waals surface area contributed by atoms with Crippen molar-refractivity contribution in [1.82, 2.24) is 0 Å². The summed E-state index contributed by atoms with van der Waals surface area (Å²) in [5, 5.41) is 0. The molecule has 3 N–H and O–H groups in total. The van der Waals surface area contributed by atoms with Crippen molar-refractivity contribution in [2.24, 2.45) is 11.7 Å². The third-order valence-corrected chi connectivity index (χ3v) is 7.01. The minimum Gasteiger partial charge on any atom is -0.494 e. The second-order valence-corrected chi connectivity index (χ2v) is 11.0. The maximum atomic E-state index is 12.1. The highest BCUT2D eigenvalue weighted by Gasteiger charge is 2.26. The van der Waals surface area contributed by atoms with Crippen LogP contribution >= 0.6 is 7.82 Å². The largest absolute Gasteiger partial charge is 0.494 e. The molecule has 0 saturated heterocycles. The molecular formula is C27H48NO6P. The molecule has 0 amide bonds. The van der Waals surface area contributed by atoms with Gasteiger partial charge in [-0.2, -0.15) is 0 Å². The molecule has 0 aliphatic carbocycles. The number of phosphoric ester groups is 1. The van der Waals surface area contributed by atoms with Crippen LogP contribution in [0.3, 0.4) is 0 Å². The summed E-state index contributed by atoms with van der Waals surface area (Å²) in [6.07, 6.45) is 13.2. The Morgan fingerprint density at radius 1 is 1.00 bits per heavy atom. The second-order valence-electron chi connectivity index (χ2n) is 9.57. The molecule has 0 saturated carbocycles. The molecule has 3 unspecified atom stereocenters. The van der Waals surface area contributed by atoms with Crippen LogP contribution < -0.4 is 10.5 Å². The molecule has 0 heterocycles. The number of carbonyl (C=O) groups is 1. The van der Waals surface area contributed by atoms with E-state index in [9.17, 15) is 14.3 Å². The van der Waals surface area contributed by atoms with E-state index in [4.69, 9.17) is 19.5 Å². The first-order valence-corrected chi connectivity index (χ1v) is 14.8. The number of rotatable bonds is 22. The molecule has 0 aliphatic heterocycles. The molecule has 1 aromatic rings. The van der Waals surface area contributed by atoms with Gasteiger partial charge in [0.05, 0.1) is 19.3 Å². The first-order valence-electron chi connectivity index (χ1n) is 13.3. The SMILES string of the molecule is CCCCCCCCCCCCOc1ccc(CC(COP(=O)(O)OC(C)CN)CC(C)=O)cc1. The maximum absolute atomic E-state index is 12.1. The van der Waals surface area contributed by atoms with Crippen LogP contribution in [0.2, 0.25) is 0 Å². The summed E-state index contributed by atoms with van der Waals surface area (Å²) < 4.78 is 28.0. The summed E-state index contributed by atoms with van der Waals surface area (Å²) in [5.74, 6) is 0.593. The number of ketones is 1. The van der Waals surface area contributed by atoms with E-state index in [0.29, 0.717) is 13.0 Å². The van der Waals surface area contributed by atoms with Crippen LogP contribution in [0.4, 0.5) is 0 Å². The molecule has 0 fully saturated rings. The molecule has 1 aromatic carbocycles. The van der Waals surface area contributed by atoms with Gasteiger partial charge in [0.15, 0.2) is 0 Å². The standard InChI is InChI=1S/C27H48NO6P/c1-4-5-6-7-8-9-10-11-12-13-18-32-27-16-14-25(15-17-27)20-26(19-23(2)29)22-33-35(30,31)34-24(3)21-28/h14-17,24,26H,4-13,18-22,28H2,1-3H3,(H,30,31). The van der Waals surface area contributed by atoms with Gasteiger partial charge in [-0.05, 0) is 50.3 Å². The second kappa shape index (κ2) is 18.9. The Hall–Kier alpha value is -1.24. The fourth-order valence-electron chi connectivity index (χ4n) is 3.93. The van der Waals surface area contributed by atoms with Gasteiger partial charge in [-0.15, -0.1) is 0 Å². The molecule has 0 bridgehead atoms. The molecule has 35 heavy (non-hydrogen) atoms. The Balaban J connectivity index is 2.33. The summed E-state index contributed by atoms with van der Waals surface area (Å²) >= 11 is 0. The molecule has 7 nitrogen and oxygen atoms in total. The number of ether oxygens (including phenoxy) is 1. The zero-order valence-electron chi connectivity index (χ0n) is 22.1. The number of unbranched alkanes of at least 4 members (excludes halogenated alkanes) is 9. The van der Waals surface area contributed by atoms with E-state index in [0.717, 1.165) is 17.7 Å². The number of hydrogen-bond acceptors (Lipinski definition) is 6. The van der Waals surface area contributed by atoms with Crippen molar-refractivity contribution in [3.8, 4) is 5.75 Å². The zero-order chi connectivity index (χ0) is 25.9. The summed E-state index contributed by atoms with van der Waals surface area (Å²) in [6, 6.07) is 7.79. The fourth-order valence-corrected chi connectivity index (χ4v) is 4.93. The summed E-state index contributed by atoms with van der Waals surface area (Å²) in [5.41, 5.74) is 6.44. The summed E-state index contributed by atoms with van der Waals surface area (Å²) in [7, 11) is -4.22. The number of benzene rings is 1. The van der Waals surface area contributed by atoms with Gasteiger partial charge in [0.25, 0.3) is 0 Å². The quantitative estimate of drug-likeness (QED) is 0.133. The number of Topliss-reactive ketones (excluding diaryl/α,β-unsaturated/α-hetero) is 1. The van der Waals surface area contributed by atoms with Crippen molar-refractivity contribution in [2.75, 3.05) is 19.8 Å². The van der Waals surface area contributed by atoms with Crippen molar-refractivity contribution in [3.05, 3.63) is 29.8 Å². The fraction of sp³-hybridized carbons (Fsp3) is 0.741. The lowest BCUT2D eigenvalue weighted by atomic mass is 9.95. The van der Waals surface area contributed by atoms with E-state index in [1.54, 1.807) is 6.92 Å². The van der Waals surface area contributed by atoms with E-state index < -0.39 is 13.9 Å². The van der Waals surface area contributed by atoms with Gasteiger partial charge in [-0.25, -0.2) is 4.57 Å². The number of phosphoric acid groups is 1. The minimum atomic E-state index is -4.22. The first kappa shape index (κ1) is 31.8. The van der Waals surface area contributed by atoms with Gasteiger partial charge in [-0.1, -0.05) is 76.8 Å². The van der Waals surface area contributed by atoms with Crippen molar-refractivity contribution < 1.29 is 28.0 Å². The summed E-state index contributed by atoms with van der Waals surface area (Å²) in [4.78, 5) is 21.5. The van der Waals surface area contributed by atoms with Crippen molar-refractivity contribution in [3.63, 3.8) is 0 Å². The Bertz CT molecular complexity index is 727. The van der Waals surface area contributed by atoms with Gasteiger partial charge in [-0.3, -0.25) is 9.05 Å². The van der Waals surface area contributed by atoms with Crippen LogP contribution in [-0.4, -0.2) is 36.5 Å². The highest BCUT2D eigenvalue weighted by molar-refractivity contribution is 7.47. The van der Waals surface area contributed by atoms with Gasteiger partial charge >= 0.3 is 7.82 Å². The topological polar surface area (TPSA) is 108 Å². The van der Waals surface area contributed by atoms with Crippen LogP contribution in [0.25, 0.3) is 0 Å². The Morgan fingerprint density at radius 2 is 1.57 bits per heavy atom. The number of hydrogen-bond donors (Lipinski definition) is 2. The lowest BCUT2D eigenvalue weighted by Gasteiger charge is -2.20. The van der Waals surface area contributed by atoms with Crippen LogP contribution in [0.5, 0.6) is 5.75 Å². The number of nitrogens with two attached hydrogens (primary N) is 1. The van der Waals surface area contributed by atoms with Crippen LogP contribution in [-0.2, 0) is 24.8 Å². The smallest absolute Gasteiger partial charge is 0.472 e. The zero-order valence-corrected chi connectivity index (χ0v) is 23.0. The van der Waals surface area contributed by atoms with Crippen LogP contribution in [0, 0.1) is 5.92 Å². The van der Waals surface area contributed by atoms with Gasteiger partial charge in [0.2, 0.25) is 0 Å². The predicted octanol–water partition coefficient (Wildman–Crippen LogP) is 6.60. The Kier molecular flexibility index (Phi) is 17.2. The average Bonchev–Trinajstić information content (AvgIpc) is 2.81. The lowest BCUT2D eigenvalue weighted by Crippen LogP contribution is -2.21. The Morgan fingerprint density at radius 3 is 2.11 bits per heavy atom. The summed E-state index contributed by atoms with van der Waals surface area (Å²) in [6.45, 7) is 6.12. The molecule has 0 aromatic heterocycles. The highest BCUT2D eigenvalue weighted by Crippen LogP contribution is 2.45. The average molecular weight is 514 g/mol. The molecule has 1 rings (SSSR count). The van der Waals surface area contributed by atoms with E-state index in [1.807, 2.05) is 24.3 Å². The molecule has 0 radical (unpaired) electrons. The van der Waals surface area contributed by atoms with Crippen molar-refractivity contribution in [1.29, 1.82) is 0 Å². The van der Waals surface area contributed by atoms with E-state index in [2.05, 4.69) is 6.92 Å². The monoisotopic (exact) mass is 513 g/mol. The highest BCUT2D eigenvalue weighted by atomic mass is 31.2. The maximum Gasteiger partial charge on any atom is 0.472 e. The molecule has 202 valence electrons. The van der Waals surface area contributed by atoms with E-state index >= 15 is 0 Å².